The molecule has 0 bridgehead atoms. The molecule has 26 heavy (non-hydrogen) atoms. The first-order valence-corrected chi connectivity index (χ1v) is 9.79. The van der Waals surface area contributed by atoms with E-state index in [4.69, 9.17) is 17.0 Å². The summed E-state index contributed by atoms with van der Waals surface area (Å²) in [6.07, 6.45) is 0. The van der Waals surface area contributed by atoms with E-state index >= 15 is 0 Å². The summed E-state index contributed by atoms with van der Waals surface area (Å²) >= 11 is 10.5. The molecule has 0 unspecified atom stereocenters. The Balaban J connectivity index is 1.91. The van der Waals surface area contributed by atoms with Crippen molar-refractivity contribution in [1.82, 2.24) is 16.2 Å². The molecule has 0 aliphatic rings. The summed E-state index contributed by atoms with van der Waals surface area (Å²) in [7, 11) is 0. The number of hydrogen-bond donors (Lipinski definition) is 3. The van der Waals surface area contributed by atoms with E-state index in [0.717, 1.165) is 3.57 Å². The van der Waals surface area contributed by atoms with Crippen LogP contribution in [0.1, 0.15) is 27.6 Å². The molecule has 0 aliphatic heterocycles. The molecule has 0 aromatic heterocycles. The monoisotopic (exact) mass is 547 g/mol. The summed E-state index contributed by atoms with van der Waals surface area (Å²) in [5.41, 5.74) is 5.87. The summed E-state index contributed by atoms with van der Waals surface area (Å²) in [6.45, 7) is 2.40. The van der Waals surface area contributed by atoms with Gasteiger partial charge in [-0.1, -0.05) is 12.1 Å². The van der Waals surface area contributed by atoms with Crippen LogP contribution in [-0.4, -0.2) is 23.5 Å². The minimum atomic E-state index is -0.408. The third-order valence-electron chi connectivity index (χ3n) is 3.13. The first kappa shape index (κ1) is 20.6. The van der Waals surface area contributed by atoms with Gasteiger partial charge in [-0.3, -0.25) is 25.8 Å². The van der Waals surface area contributed by atoms with Gasteiger partial charge in [0.25, 0.3) is 11.8 Å². The van der Waals surface area contributed by atoms with Gasteiger partial charge in [-0.05, 0) is 88.0 Å². The molecule has 2 amide bonds. The first-order chi connectivity index (χ1) is 12.4. The molecule has 136 valence electrons. The van der Waals surface area contributed by atoms with Crippen LogP contribution in [0.25, 0.3) is 0 Å². The van der Waals surface area contributed by atoms with Gasteiger partial charge < -0.3 is 4.74 Å². The molecule has 0 radical (unpaired) electrons. The third-order valence-corrected chi connectivity index (χ3v) is 4.89. The molecular formula is C17H15BrIN3O3S. The Morgan fingerprint density at radius 1 is 1.15 bits per heavy atom. The number of carbonyl (C=O) groups excluding carboxylic acids is 2. The molecule has 2 rings (SSSR count). The van der Waals surface area contributed by atoms with Crippen molar-refractivity contribution in [2.24, 2.45) is 0 Å². The fourth-order valence-electron chi connectivity index (χ4n) is 1.95. The van der Waals surface area contributed by atoms with Crippen LogP contribution in [0.5, 0.6) is 5.75 Å². The van der Waals surface area contributed by atoms with E-state index in [1.807, 2.05) is 19.1 Å². The highest BCUT2D eigenvalue weighted by Gasteiger charge is 2.12. The van der Waals surface area contributed by atoms with Gasteiger partial charge in [-0.25, -0.2) is 0 Å². The zero-order valence-corrected chi connectivity index (χ0v) is 18.2. The van der Waals surface area contributed by atoms with Gasteiger partial charge in [-0.15, -0.1) is 0 Å². The van der Waals surface area contributed by atoms with Crippen LogP contribution >= 0.6 is 50.7 Å². The van der Waals surface area contributed by atoms with Crippen LogP contribution in [0, 0.1) is 3.57 Å². The van der Waals surface area contributed by atoms with Gasteiger partial charge in [0.15, 0.2) is 5.11 Å². The number of halogens is 2. The number of nitrogens with one attached hydrogen (secondary N) is 3. The molecule has 2 aromatic rings. The Morgan fingerprint density at radius 2 is 1.88 bits per heavy atom. The topological polar surface area (TPSA) is 79.5 Å². The van der Waals surface area contributed by atoms with Crippen molar-refractivity contribution >= 4 is 67.7 Å². The van der Waals surface area contributed by atoms with Crippen molar-refractivity contribution < 1.29 is 14.3 Å². The van der Waals surface area contributed by atoms with Crippen molar-refractivity contribution in [2.45, 2.75) is 6.92 Å². The molecular weight excluding hydrogens is 533 g/mol. The molecule has 9 heteroatoms. The summed E-state index contributed by atoms with van der Waals surface area (Å²) < 4.78 is 6.87. The SMILES string of the molecule is CCOc1ccc(C(=O)NC(=S)NNC(=O)c2ccccc2I)cc1Br. The van der Waals surface area contributed by atoms with E-state index in [1.54, 1.807) is 30.3 Å². The maximum Gasteiger partial charge on any atom is 0.270 e. The van der Waals surface area contributed by atoms with Crippen molar-refractivity contribution in [3.63, 3.8) is 0 Å². The van der Waals surface area contributed by atoms with Crippen molar-refractivity contribution in [1.29, 1.82) is 0 Å². The molecule has 2 aromatic carbocycles. The van der Waals surface area contributed by atoms with Crippen LogP contribution in [0.2, 0.25) is 0 Å². The largest absolute Gasteiger partial charge is 0.493 e. The summed E-state index contributed by atoms with van der Waals surface area (Å²) in [5.74, 6) is -0.111. The number of benzene rings is 2. The molecule has 3 N–H and O–H groups in total. The fourth-order valence-corrected chi connectivity index (χ4v) is 3.22. The maximum atomic E-state index is 12.2. The Hall–Kier alpha value is -1.72. The quantitative estimate of drug-likeness (QED) is 0.311. The van der Waals surface area contributed by atoms with Crippen LogP contribution in [-0.2, 0) is 0 Å². The van der Waals surface area contributed by atoms with Crippen LogP contribution < -0.4 is 20.9 Å². The minimum Gasteiger partial charge on any atom is -0.493 e. The van der Waals surface area contributed by atoms with Crippen LogP contribution in [0.4, 0.5) is 0 Å². The molecule has 0 aliphatic carbocycles. The van der Waals surface area contributed by atoms with Crippen LogP contribution in [0.3, 0.4) is 0 Å². The Morgan fingerprint density at radius 3 is 2.54 bits per heavy atom. The number of thiocarbonyl (C=S) groups is 1. The van der Waals surface area contributed by atoms with Crippen molar-refractivity contribution in [3.8, 4) is 5.75 Å². The number of hydrazine groups is 1. The second-order valence-electron chi connectivity index (χ2n) is 4.92. The summed E-state index contributed by atoms with van der Waals surface area (Å²) in [6, 6.07) is 12.1. The van der Waals surface area contributed by atoms with Gasteiger partial charge in [0.05, 0.1) is 16.6 Å². The zero-order chi connectivity index (χ0) is 19.1. The zero-order valence-electron chi connectivity index (χ0n) is 13.6. The molecule has 0 spiro atoms. The lowest BCUT2D eigenvalue weighted by molar-refractivity contribution is 0.0934. The highest BCUT2D eigenvalue weighted by Crippen LogP contribution is 2.25. The predicted molar refractivity (Wildman–Crippen MR) is 115 cm³/mol. The van der Waals surface area contributed by atoms with E-state index in [9.17, 15) is 9.59 Å². The fraction of sp³-hybridized carbons (Fsp3) is 0.118. The van der Waals surface area contributed by atoms with Gasteiger partial charge in [0, 0.05) is 9.13 Å². The van der Waals surface area contributed by atoms with Gasteiger partial charge >= 0.3 is 0 Å². The molecule has 0 saturated heterocycles. The molecule has 0 heterocycles. The van der Waals surface area contributed by atoms with E-state index in [1.165, 1.54) is 0 Å². The average Bonchev–Trinajstić information content (AvgIpc) is 2.62. The van der Waals surface area contributed by atoms with E-state index < -0.39 is 5.91 Å². The lowest BCUT2D eigenvalue weighted by Gasteiger charge is -2.12. The standard InChI is InChI=1S/C17H15BrIN3O3S/c1-2-25-14-8-7-10(9-12(14)18)15(23)20-17(26)22-21-16(24)11-5-3-4-6-13(11)19/h3-9H,2H2,1H3,(H,21,24)(H2,20,22,23,26). The highest BCUT2D eigenvalue weighted by atomic mass is 127. The van der Waals surface area contributed by atoms with Gasteiger partial charge in [0.2, 0.25) is 0 Å². The third kappa shape index (κ3) is 5.64. The number of rotatable bonds is 4. The number of carbonyl (C=O) groups is 2. The van der Waals surface area contributed by atoms with Crippen molar-refractivity contribution in [3.05, 3.63) is 61.6 Å². The summed E-state index contributed by atoms with van der Waals surface area (Å²) in [5, 5.41) is 2.48. The molecule has 0 atom stereocenters. The lowest BCUT2D eigenvalue weighted by atomic mass is 10.2. The lowest BCUT2D eigenvalue weighted by Crippen LogP contribution is -2.48. The Kier molecular flexibility index (Phi) is 7.79. The first-order valence-electron chi connectivity index (χ1n) is 7.51. The normalized spacial score (nSPS) is 9.96. The second-order valence-corrected chi connectivity index (χ2v) is 7.35. The van der Waals surface area contributed by atoms with Gasteiger partial charge in [0.1, 0.15) is 5.75 Å². The molecule has 0 saturated carbocycles. The maximum absolute atomic E-state index is 12.2. The molecule has 6 nitrogen and oxygen atoms in total. The van der Waals surface area contributed by atoms with Gasteiger partial charge in [-0.2, -0.15) is 0 Å². The minimum absolute atomic E-state index is 0.0145. The van der Waals surface area contributed by atoms with E-state index in [-0.39, 0.29) is 11.0 Å². The smallest absolute Gasteiger partial charge is 0.270 e. The van der Waals surface area contributed by atoms with E-state index in [2.05, 4.69) is 54.7 Å². The number of hydrogen-bond acceptors (Lipinski definition) is 4. The second kappa shape index (κ2) is 9.83. The average molecular weight is 548 g/mol. The Labute approximate surface area is 178 Å². The predicted octanol–water partition coefficient (Wildman–Crippen LogP) is 3.40. The Bertz CT molecular complexity index is 848. The summed E-state index contributed by atoms with van der Waals surface area (Å²) in [4.78, 5) is 24.3. The highest BCUT2D eigenvalue weighted by molar-refractivity contribution is 14.1. The number of amides is 2. The van der Waals surface area contributed by atoms with E-state index in [0.29, 0.717) is 28.0 Å². The number of ether oxygens (including phenoxy) is 1. The van der Waals surface area contributed by atoms with Crippen LogP contribution in [0.15, 0.2) is 46.9 Å². The molecule has 0 fully saturated rings. The van der Waals surface area contributed by atoms with Crippen molar-refractivity contribution in [2.75, 3.05) is 6.61 Å².